The van der Waals surface area contributed by atoms with Crippen LogP contribution in [0.2, 0.25) is 0 Å². The monoisotopic (exact) mass is 247 g/mol. The average molecular weight is 247 g/mol. The molecule has 0 N–H and O–H groups in total. The number of para-hydroxylation sites is 2. The van der Waals surface area contributed by atoms with Crippen LogP contribution >= 0.6 is 0 Å². The number of rotatable bonds is 4. The lowest BCUT2D eigenvalue weighted by Gasteiger charge is -2.28. The van der Waals surface area contributed by atoms with Crippen LogP contribution in [0.1, 0.15) is 25.7 Å². The van der Waals surface area contributed by atoms with Crippen LogP contribution in [0.25, 0.3) is 0 Å². The number of anilines is 1. The molecule has 1 atom stereocenters. The molecule has 0 amide bonds. The van der Waals surface area contributed by atoms with Crippen LogP contribution in [0.5, 0.6) is 5.75 Å². The molecule has 0 aromatic heterocycles. The van der Waals surface area contributed by atoms with Crippen molar-refractivity contribution in [2.24, 2.45) is 5.92 Å². The van der Waals surface area contributed by atoms with Gasteiger partial charge in [0.2, 0.25) is 0 Å². The summed E-state index contributed by atoms with van der Waals surface area (Å²) in [7, 11) is 3.71. The predicted molar refractivity (Wildman–Crippen MR) is 73.2 cm³/mol. The molecule has 1 aliphatic rings. The van der Waals surface area contributed by atoms with Crippen LogP contribution in [-0.2, 0) is 4.79 Å². The Morgan fingerprint density at radius 1 is 1.33 bits per heavy atom. The summed E-state index contributed by atoms with van der Waals surface area (Å²) in [5.41, 5.74) is 1.05. The van der Waals surface area contributed by atoms with E-state index >= 15 is 0 Å². The minimum atomic E-state index is 0.189. The van der Waals surface area contributed by atoms with Gasteiger partial charge in [0, 0.05) is 25.9 Å². The quantitative estimate of drug-likeness (QED) is 0.819. The molecular formula is C15H21NO2. The molecule has 98 valence electrons. The summed E-state index contributed by atoms with van der Waals surface area (Å²) in [6.07, 6.45) is 4.02. The van der Waals surface area contributed by atoms with E-state index in [2.05, 4.69) is 4.90 Å². The van der Waals surface area contributed by atoms with Gasteiger partial charge >= 0.3 is 0 Å². The number of hydrogen-bond donors (Lipinski definition) is 0. The Bertz CT molecular complexity index is 417. The van der Waals surface area contributed by atoms with Gasteiger partial charge in [-0.25, -0.2) is 0 Å². The molecule has 0 spiro atoms. The molecule has 0 bridgehead atoms. The molecular weight excluding hydrogens is 226 g/mol. The van der Waals surface area contributed by atoms with Crippen molar-refractivity contribution in [3.63, 3.8) is 0 Å². The number of carbonyl (C=O) groups is 1. The normalized spacial score (nSPS) is 19.7. The van der Waals surface area contributed by atoms with Crippen LogP contribution in [0, 0.1) is 5.92 Å². The van der Waals surface area contributed by atoms with Crippen molar-refractivity contribution in [3.8, 4) is 5.75 Å². The molecule has 1 fully saturated rings. The van der Waals surface area contributed by atoms with Gasteiger partial charge in [-0.05, 0) is 25.0 Å². The third-order valence-corrected chi connectivity index (χ3v) is 3.67. The van der Waals surface area contributed by atoms with E-state index in [1.54, 1.807) is 7.11 Å². The van der Waals surface area contributed by atoms with Gasteiger partial charge in [0.1, 0.15) is 11.5 Å². The summed E-state index contributed by atoms with van der Waals surface area (Å²) in [6.45, 7) is 0.791. The molecule has 18 heavy (non-hydrogen) atoms. The zero-order valence-electron chi connectivity index (χ0n) is 11.2. The van der Waals surface area contributed by atoms with Crippen LogP contribution in [0.15, 0.2) is 24.3 Å². The van der Waals surface area contributed by atoms with Crippen molar-refractivity contribution in [1.29, 1.82) is 0 Å². The first-order chi connectivity index (χ1) is 8.72. The van der Waals surface area contributed by atoms with Crippen molar-refractivity contribution < 1.29 is 9.53 Å². The van der Waals surface area contributed by atoms with Crippen LogP contribution in [0.3, 0.4) is 0 Å². The molecule has 2 rings (SSSR count). The highest BCUT2D eigenvalue weighted by molar-refractivity contribution is 5.82. The lowest BCUT2D eigenvalue weighted by Crippen LogP contribution is -2.32. The fourth-order valence-corrected chi connectivity index (χ4v) is 2.62. The number of ketones is 1. The zero-order valence-corrected chi connectivity index (χ0v) is 11.2. The molecule has 3 nitrogen and oxygen atoms in total. The van der Waals surface area contributed by atoms with Gasteiger partial charge in [0.15, 0.2) is 0 Å². The van der Waals surface area contributed by atoms with E-state index in [1.165, 1.54) is 6.42 Å². The van der Waals surface area contributed by atoms with Gasteiger partial charge < -0.3 is 9.64 Å². The minimum Gasteiger partial charge on any atom is -0.495 e. The summed E-state index contributed by atoms with van der Waals surface area (Å²) >= 11 is 0. The highest BCUT2D eigenvalue weighted by Crippen LogP contribution is 2.29. The molecule has 0 heterocycles. The molecule has 0 saturated heterocycles. The van der Waals surface area contributed by atoms with E-state index < -0.39 is 0 Å². The van der Waals surface area contributed by atoms with Crippen molar-refractivity contribution >= 4 is 11.5 Å². The Balaban J connectivity index is 2.06. The molecule has 0 aliphatic heterocycles. The van der Waals surface area contributed by atoms with Gasteiger partial charge in [0.25, 0.3) is 0 Å². The fraction of sp³-hybridized carbons (Fsp3) is 0.533. The second kappa shape index (κ2) is 5.89. The lowest BCUT2D eigenvalue weighted by molar-refractivity contribution is -0.124. The topological polar surface area (TPSA) is 29.5 Å². The highest BCUT2D eigenvalue weighted by Gasteiger charge is 2.24. The first-order valence-electron chi connectivity index (χ1n) is 6.59. The molecule has 1 aromatic carbocycles. The number of Topliss-reactive ketones (excluding diaryl/α,β-unsaturated/α-hetero) is 1. The molecule has 1 aliphatic carbocycles. The van der Waals surface area contributed by atoms with Crippen molar-refractivity contribution in [2.75, 3.05) is 25.6 Å². The molecule has 1 aromatic rings. The van der Waals surface area contributed by atoms with Crippen LogP contribution in [0.4, 0.5) is 5.69 Å². The second-order valence-electron chi connectivity index (χ2n) is 4.96. The maximum absolute atomic E-state index is 11.9. The van der Waals surface area contributed by atoms with Gasteiger partial charge in [-0.1, -0.05) is 18.6 Å². The number of hydrogen-bond acceptors (Lipinski definition) is 3. The van der Waals surface area contributed by atoms with E-state index in [0.717, 1.165) is 37.2 Å². The SMILES string of the molecule is COc1ccccc1N(C)CC1CCCCC1=O. The third kappa shape index (κ3) is 2.84. The molecule has 1 unspecified atom stereocenters. The van der Waals surface area contributed by atoms with Crippen molar-refractivity contribution in [1.82, 2.24) is 0 Å². The van der Waals surface area contributed by atoms with Crippen molar-refractivity contribution in [3.05, 3.63) is 24.3 Å². The maximum Gasteiger partial charge on any atom is 0.142 e. The smallest absolute Gasteiger partial charge is 0.142 e. The number of methoxy groups -OCH3 is 1. The first-order valence-corrected chi connectivity index (χ1v) is 6.59. The first kappa shape index (κ1) is 12.9. The predicted octanol–water partition coefficient (Wildman–Crippen LogP) is 2.89. The Morgan fingerprint density at radius 2 is 2.11 bits per heavy atom. The van der Waals surface area contributed by atoms with Crippen LogP contribution < -0.4 is 9.64 Å². The largest absolute Gasteiger partial charge is 0.495 e. The molecule has 0 radical (unpaired) electrons. The van der Waals surface area contributed by atoms with Gasteiger partial charge in [-0.2, -0.15) is 0 Å². The summed E-state index contributed by atoms with van der Waals surface area (Å²) in [5.74, 6) is 1.47. The Morgan fingerprint density at radius 3 is 2.83 bits per heavy atom. The number of carbonyl (C=O) groups excluding carboxylic acids is 1. The van der Waals surface area contributed by atoms with E-state index in [9.17, 15) is 4.79 Å². The van der Waals surface area contributed by atoms with E-state index in [4.69, 9.17) is 4.74 Å². The van der Waals surface area contributed by atoms with Gasteiger partial charge in [-0.15, -0.1) is 0 Å². The second-order valence-corrected chi connectivity index (χ2v) is 4.96. The Hall–Kier alpha value is -1.51. The Kier molecular flexibility index (Phi) is 4.24. The average Bonchev–Trinajstić information content (AvgIpc) is 2.41. The third-order valence-electron chi connectivity index (χ3n) is 3.67. The van der Waals surface area contributed by atoms with E-state index in [-0.39, 0.29) is 5.92 Å². The zero-order chi connectivity index (χ0) is 13.0. The summed E-state index contributed by atoms with van der Waals surface area (Å²) in [4.78, 5) is 14.0. The Labute approximate surface area is 109 Å². The summed E-state index contributed by atoms with van der Waals surface area (Å²) in [6, 6.07) is 7.94. The minimum absolute atomic E-state index is 0.189. The molecule has 1 saturated carbocycles. The number of benzene rings is 1. The van der Waals surface area contributed by atoms with E-state index in [1.807, 2.05) is 31.3 Å². The molecule has 3 heteroatoms. The van der Waals surface area contributed by atoms with Crippen LogP contribution in [-0.4, -0.2) is 26.5 Å². The number of ether oxygens (including phenoxy) is 1. The van der Waals surface area contributed by atoms with Gasteiger partial charge in [-0.3, -0.25) is 4.79 Å². The number of nitrogens with zero attached hydrogens (tertiary/aromatic N) is 1. The van der Waals surface area contributed by atoms with E-state index in [0.29, 0.717) is 5.78 Å². The van der Waals surface area contributed by atoms with Crippen molar-refractivity contribution in [2.45, 2.75) is 25.7 Å². The summed E-state index contributed by atoms with van der Waals surface area (Å²) in [5, 5.41) is 0. The highest BCUT2D eigenvalue weighted by atomic mass is 16.5. The standard InChI is InChI=1S/C15H21NO2/c1-16(11-12-7-3-5-9-14(12)17)13-8-4-6-10-15(13)18-2/h4,6,8,10,12H,3,5,7,9,11H2,1-2H3. The maximum atomic E-state index is 11.9. The van der Waals surface area contributed by atoms with Gasteiger partial charge in [0.05, 0.1) is 12.8 Å². The summed E-state index contributed by atoms with van der Waals surface area (Å²) < 4.78 is 5.36. The fourth-order valence-electron chi connectivity index (χ4n) is 2.62. The lowest BCUT2D eigenvalue weighted by atomic mass is 9.87.